The quantitative estimate of drug-likeness (QED) is 0.784. The van der Waals surface area contributed by atoms with Crippen LogP contribution in [0.25, 0.3) is 5.57 Å². The number of sulfonamides is 1. The molecule has 1 aliphatic rings. The van der Waals surface area contributed by atoms with Crippen LogP contribution in [-0.2, 0) is 10.0 Å². The van der Waals surface area contributed by atoms with Gasteiger partial charge < -0.3 is 0 Å². The van der Waals surface area contributed by atoms with Crippen LogP contribution in [0, 0.1) is 6.92 Å². The zero-order chi connectivity index (χ0) is 16.4. The number of halogens is 1. The molecule has 2 aromatic carbocycles. The molecular formula is C18H18BrNO2S. The Kier molecular flexibility index (Phi) is 4.71. The summed E-state index contributed by atoms with van der Waals surface area (Å²) in [6.45, 7) is 2.88. The highest BCUT2D eigenvalue weighted by Crippen LogP contribution is 2.27. The standard InChI is InChI=1S/C18H18BrNO2S/c1-14-7-9-18(10-8-14)23(21,22)20-11-3-5-16(13-20)15-4-2-6-17(19)12-15/h2,4-10,12H,3,11,13H2,1H3. The molecule has 0 aliphatic carbocycles. The molecule has 0 atom stereocenters. The molecule has 0 unspecified atom stereocenters. The lowest BCUT2D eigenvalue weighted by atomic mass is 10.0. The van der Waals surface area contributed by atoms with Gasteiger partial charge in [-0.05, 0) is 48.7 Å². The Morgan fingerprint density at radius 2 is 1.83 bits per heavy atom. The number of aryl methyl sites for hydroxylation is 1. The van der Waals surface area contributed by atoms with Crippen molar-refractivity contribution >= 4 is 31.5 Å². The summed E-state index contributed by atoms with van der Waals surface area (Å²) < 4.78 is 28.2. The zero-order valence-corrected chi connectivity index (χ0v) is 15.3. The number of hydrogen-bond acceptors (Lipinski definition) is 2. The SMILES string of the molecule is Cc1ccc(S(=O)(=O)N2CCC=C(c3cccc(Br)c3)C2)cc1. The van der Waals surface area contributed by atoms with Crippen LogP contribution in [0.1, 0.15) is 17.5 Å². The Morgan fingerprint density at radius 1 is 1.09 bits per heavy atom. The van der Waals surface area contributed by atoms with Crippen LogP contribution in [0.4, 0.5) is 0 Å². The summed E-state index contributed by atoms with van der Waals surface area (Å²) in [5, 5.41) is 0. The summed E-state index contributed by atoms with van der Waals surface area (Å²) >= 11 is 3.47. The van der Waals surface area contributed by atoms with Crippen LogP contribution in [0.15, 0.2) is 64.0 Å². The lowest BCUT2D eigenvalue weighted by Crippen LogP contribution is -2.35. The van der Waals surface area contributed by atoms with Crippen LogP contribution in [0.5, 0.6) is 0 Å². The van der Waals surface area contributed by atoms with Crippen LogP contribution in [0.3, 0.4) is 0 Å². The minimum atomic E-state index is -3.45. The fourth-order valence-electron chi connectivity index (χ4n) is 2.68. The Labute approximate surface area is 145 Å². The van der Waals surface area contributed by atoms with Crippen LogP contribution < -0.4 is 0 Å². The fourth-order valence-corrected chi connectivity index (χ4v) is 4.51. The number of rotatable bonds is 3. The van der Waals surface area contributed by atoms with Crippen molar-refractivity contribution in [1.29, 1.82) is 0 Å². The predicted molar refractivity (Wildman–Crippen MR) is 96.7 cm³/mol. The van der Waals surface area contributed by atoms with E-state index in [2.05, 4.69) is 22.0 Å². The smallest absolute Gasteiger partial charge is 0.207 e. The van der Waals surface area contributed by atoms with E-state index in [4.69, 9.17) is 0 Å². The molecule has 0 saturated heterocycles. The lowest BCUT2D eigenvalue weighted by molar-refractivity contribution is 0.443. The average Bonchev–Trinajstić information content (AvgIpc) is 2.55. The Balaban J connectivity index is 1.88. The third-order valence-electron chi connectivity index (χ3n) is 3.97. The van der Waals surface area contributed by atoms with Crippen molar-refractivity contribution in [2.24, 2.45) is 0 Å². The number of benzene rings is 2. The van der Waals surface area contributed by atoms with Gasteiger partial charge in [-0.1, -0.05) is 51.8 Å². The van der Waals surface area contributed by atoms with Gasteiger partial charge in [0.2, 0.25) is 10.0 Å². The first-order valence-electron chi connectivity index (χ1n) is 7.48. The van der Waals surface area contributed by atoms with Crippen molar-refractivity contribution in [2.75, 3.05) is 13.1 Å². The molecule has 0 saturated carbocycles. The first-order chi connectivity index (χ1) is 11.0. The van der Waals surface area contributed by atoms with Gasteiger partial charge in [0, 0.05) is 17.6 Å². The molecule has 3 rings (SSSR count). The maximum atomic E-state index is 12.8. The van der Waals surface area contributed by atoms with Crippen molar-refractivity contribution in [3.05, 3.63) is 70.2 Å². The van der Waals surface area contributed by atoms with Crippen LogP contribution >= 0.6 is 15.9 Å². The van der Waals surface area contributed by atoms with Crippen LogP contribution in [0.2, 0.25) is 0 Å². The molecule has 0 fully saturated rings. The molecule has 0 aromatic heterocycles. The van der Waals surface area contributed by atoms with Crippen molar-refractivity contribution in [2.45, 2.75) is 18.2 Å². The molecule has 1 aliphatic heterocycles. The highest BCUT2D eigenvalue weighted by molar-refractivity contribution is 9.10. The third kappa shape index (κ3) is 3.57. The van der Waals surface area contributed by atoms with Crippen molar-refractivity contribution < 1.29 is 8.42 Å². The van der Waals surface area contributed by atoms with E-state index in [-0.39, 0.29) is 0 Å². The van der Waals surface area contributed by atoms with Gasteiger partial charge in [0.25, 0.3) is 0 Å². The highest BCUT2D eigenvalue weighted by atomic mass is 79.9. The first kappa shape index (κ1) is 16.4. The molecule has 0 amide bonds. The van der Waals surface area contributed by atoms with E-state index in [1.165, 1.54) is 0 Å². The van der Waals surface area contributed by atoms with Crippen LogP contribution in [-0.4, -0.2) is 25.8 Å². The Bertz CT molecular complexity index is 842. The Hall–Kier alpha value is -1.43. The summed E-state index contributed by atoms with van der Waals surface area (Å²) in [6, 6.07) is 15.0. The maximum absolute atomic E-state index is 12.8. The largest absolute Gasteiger partial charge is 0.243 e. The topological polar surface area (TPSA) is 37.4 Å². The second kappa shape index (κ2) is 6.59. The molecule has 3 nitrogen and oxygen atoms in total. The molecule has 23 heavy (non-hydrogen) atoms. The minimum Gasteiger partial charge on any atom is -0.207 e. The fraction of sp³-hybridized carbons (Fsp3) is 0.222. The maximum Gasteiger partial charge on any atom is 0.243 e. The highest BCUT2D eigenvalue weighted by Gasteiger charge is 2.27. The summed E-state index contributed by atoms with van der Waals surface area (Å²) in [5.74, 6) is 0. The number of nitrogens with zero attached hydrogens (tertiary/aromatic N) is 1. The normalized spacial score (nSPS) is 16.2. The monoisotopic (exact) mass is 391 g/mol. The first-order valence-corrected chi connectivity index (χ1v) is 9.72. The van der Waals surface area contributed by atoms with Gasteiger partial charge in [0.15, 0.2) is 0 Å². The molecule has 1 heterocycles. The van der Waals surface area contributed by atoms with E-state index in [0.717, 1.165) is 27.6 Å². The Morgan fingerprint density at radius 3 is 2.52 bits per heavy atom. The molecular weight excluding hydrogens is 374 g/mol. The molecule has 5 heteroatoms. The van der Waals surface area contributed by atoms with Gasteiger partial charge >= 0.3 is 0 Å². The zero-order valence-electron chi connectivity index (χ0n) is 12.9. The summed E-state index contributed by atoms with van der Waals surface area (Å²) in [6.07, 6.45) is 2.86. The predicted octanol–water partition coefficient (Wildman–Crippen LogP) is 4.24. The summed E-state index contributed by atoms with van der Waals surface area (Å²) in [5.41, 5.74) is 3.16. The van der Waals surface area contributed by atoms with Crippen molar-refractivity contribution in [3.8, 4) is 0 Å². The molecule has 2 aromatic rings. The van der Waals surface area contributed by atoms with Gasteiger partial charge in [-0.15, -0.1) is 0 Å². The lowest BCUT2D eigenvalue weighted by Gasteiger charge is -2.27. The van der Waals surface area contributed by atoms with E-state index in [9.17, 15) is 8.42 Å². The van der Waals surface area contributed by atoms with Gasteiger partial charge in [0.05, 0.1) is 4.90 Å². The number of hydrogen-bond donors (Lipinski definition) is 0. The minimum absolute atomic E-state index is 0.360. The molecule has 0 N–H and O–H groups in total. The van der Waals surface area contributed by atoms with Gasteiger partial charge in [-0.3, -0.25) is 0 Å². The van der Waals surface area contributed by atoms with E-state index in [1.807, 2.05) is 43.3 Å². The van der Waals surface area contributed by atoms with E-state index in [0.29, 0.717) is 18.0 Å². The summed E-state index contributed by atoms with van der Waals surface area (Å²) in [4.78, 5) is 0.360. The second-order valence-corrected chi connectivity index (χ2v) is 8.53. The molecule has 0 radical (unpaired) electrons. The molecule has 0 bridgehead atoms. The average molecular weight is 392 g/mol. The van der Waals surface area contributed by atoms with Gasteiger partial charge in [-0.25, -0.2) is 8.42 Å². The molecule has 120 valence electrons. The van der Waals surface area contributed by atoms with Crippen molar-refractivity contribution in [1.82, 2.24) is 4.31 Å². The second-order valence-electron chi connectivity index (χ2n) is 5.68. The van der Waals surface area contributed by atoms with E-state index in [1.54, 1.807) is 16.4 Å². The third-order valence-corrected chi connectivity index (χ3v) is 6.32. The summed E-state index contributed by atoms with van der Waals surface area (Å²) in [7, 11) is -3.45. The van der Waals surface area contributed by atoms with E-state index >= 15 is 0 Å². The van der Waals surface area contributed by atoms with Crippen molar-refractivity contribution in [3.63, 3.8) is 0 Å². The molecule has 0 spiro atoms. The van der Waals surface area contributed by atoms with E-state index < -0.39 is 10.0 Å². The van der Waals surface area contributed by atoms with Gasteiger partial charge in [-0.2, -0.15) is 4.31 Å². The van der Waals surface area contributed by atoms with Gasteiger partial charge in [0.1, 0.15) is 0 Å².